The predicted octanol–water partition coefficient (Wildman–Crippen LogP) is 3.78. The number of ether oxygens (including phenoxy) is 1. The van der Waals surface area contributed by atoms with Crippen LogP contribution in [0.5, 0.6) is 0 Å². The lowest BCUT2D eigenvalue weighted by atomic mass is 10.0. The second-order valence-electron chi connectivity index (χ2n) is 5.90. The van der Waals surface area contributed by atoms with Crippen molar-refractivity contribution in [2.24, 2.45) is 0 Å². The summed E-state index contributed by atoms with van der Waals surface area (Å²) in [5.41, 5.74) is -1.91. The van der Waals surface area contributed by atoms with E-state index < -0.39 is 29.0 Å². The van der Waals surface area contributed by atoms with Crippen molar-refractivity contribution in [2.75, 3.05) is 6.54 Å². The summed E-state index contributed by atoms with van der Waals surface area (Å²) in [7, 11) is 0. The minimum absolute atomic E-state index is 0.144. The van der Waals surface area contributed by atoms with E-state index in [2.05, 4.69) is 17.2 Å². The highest BCUT2D eigenvalue weighted by atomic mass is 19.4. The van der Waals surface area contributed by atoms with E-state index in [1.807, 2.05) is 0 Å². The van der Waals surface area contributed by atoms with Crippen molar-refractivity contribution in [3.8, 4) is 11.8 Å². The van der Waals surface area contributed by atoms with Gasteiger partial charge in [-0.25, -0.2) is 4.79 Å². The Morgan fingerprint density at radius 1 is 1.29 bits per heavy atom. The van der Waals surface area contributed by atoms with Crippen molar-refractivity contribution in [1.82, 2.24) is 5.32 Å². The Kier molecular flexibility index (Phi) is 6.41. The minimum atomic E-state index is -4.62. The summed E-state index contributed by atoms with van der Waals surface area (Å²) in [4.78, 5) is 22.0. The predicted molar refractivity (Wildman–Crippen MR) is 82.6 cm³/mol. The molecule has 0 saturated heterocycles. The number of hydrogen-bond acceptors (Lipinski definition) is 3. The molecule has 0 unspecified atom stereocenters. The fraction of sp³-hybridized carbons (Fsp3) is 0.412. The van der Waals surface area contributed by atoms with Gasteiger partial charge in [0.15, 0.2) is 6.29 Å². The van der Waals surface area contributed by atoms with E-state index in [1.165, 1.54) is 6.07 Å². The maximum Gasteiger partial charge on any atom is 0.417 e. The van der Waals surface area contributed by atoms with Crippen LogP contribution in [0.4, 0.5) is 18.0 Å². The van der Waals surface area contributed by atoms with E-state index in [-0.39, 0.29) is 24.8 Å². The smallest absolute Gasteiger partial charge is 0.417 e. The molecule has 0 fully saturated rings. The minimum Gasteiger partial charge on any atom is -0.444 e. The standard InChI is InChI=1S/C17H18F3NO3/c1-16(2,3)24-15(23)21-9-5-4-6-12-7-8-13(11-22)14(10-12)17(18,19)20/h7-8,10-11H,5,9H2,1-3H3,(H,21,23). The molecule has 1 aromatic carbocycles. The Morgan fingerprint density at radius 2 is 1.96 bits per heavy atom. The summed E-state index contributed by atoms with van der Waals surface area (Å²) in [5, 5.41) is 2.49. The van der Waals surface area contributed by atoms with Crippen LogP contribution in [-0.2, 0) is 10.9 Å². The molecule has 1 rings (SSSR count). The van der Waals surface area contributed by atoms with Gasteiger partial charge in [-0.1, -0.05) is 11.8 Å². The fourth-order valence-corrected chi connectivity index (χ4v) is 1.69. The van der Waals surface area contributed by atoms with E-state index >= 15 is 0 Å². The molecule has 0 spiro atoms. The number of amides is 1. The molecule has 0 aliphatic rings. The number of aldehydes is 1. The van der Waals surface area contributed by atoms with E-state index in [1.54, 1.807) is 20.8 Å². The summed E-state index contributed by atoms with van der Waals surface area (Å²) in [6.45, 7) is 5.40. The van der Waals surface area contributed by atoms with Gasteiger partial charge in [0, 0.05) is 24.1 Å². The van der Waals surface area contributed by atoms with Gasteiger partial charge in [-0.2, -0.15) is 13.2 Å². The number of halogens is 3. The Labute approximate surface area is 138 Å². The molecule has 0 atom stereocenters. The van der Waals surface area contributed by atoms with Crippen molar-refractivity contribution in [3.63, 3.8) is 0 Å². The fourth-order valence-electron chi connectivity index (χ4n) is 1.69. The highest BCUT2D eigenvalue weighted by molar-refractivity contribution is 5.78. The maximum atomic E-state index is 12.8. The zero-order valence-electron chi connectivity index (χ0n) is 13.6. The summed E-state index contributed by atoms with van der Waals surface area (Å²) >= 11 is 0. The highest BCUT2D eigenvalue weighted by Gasteiger charge is 2.33. The zero-order valence-corrected chi connectivity index (χ0v) is 13.6. The molecule has 1 amide bonds. The number of alkyl carbamates (subject to hydrolysis) is 1. The summed E-state index contributed by atoms with van der Waals surface area (Å²) < 4.78 is 43.5. The van der Waals surface area contributed by atoms with Gasteiger partial charge in [-0.3, -0.25) is 4.79 Å². The van der Waals surface area contributed by atoms with Gasteiger partial charge in [0.25, 0.3) is 0 Å². The first kappa shape index (κ1) is 19.6. The van der Waals surface area contributed by atoms with Crippen molar-refractivity contribution >= 4 is 12.4 Å². The van der Waals surface area contributed by atoms with E-state index in [4.69, 9.17) is 4.74 Å². The Balaban J connectivity index is 2.64. The molecule has 1 aromatic rings. The van der Waals surface area contributed by atoms with Crippen LogP contribution in [0.25, 0.3) is 0 Å². The van der Waals surface area contributed by atoms with Crippen LogP contribution < -0.4 is 5.32 Å². The van der Waals surface area contributed by atoms with E-state index in [9.17, 15) is 22.8 Å². The van der Waals surface area contributed by atoms with Crippen LogP contribution in [0.1, 0.15) is 48.7 Å². The van der Waals surface area contributed by atoms with Gasteiger partial charge >= 0.3 is 12.3 Å². The third-order valence-corrected chi connectivity index (χ3v) is 2.64. The maximum absolute atomic E-state index is 12.8. The SMILES string of the molecule is CC(C)(C)OC(=O)NCCC#Cc1ccc(C=O)c(C(F)(F)F)c1. The third kappa shape index (κ3) is 6.73. The van der Waals surface area contributed by atoms with E-state index in [0.29, 0.717) is 0 Å². The van der Waals surface area contributed by atoms with Crippen molar-refractivity contribution < 1.29 is 27.5 Å². The Morgan fingerprint density at radius 3 is 2.50 bits per heavy atom. The van der Waals surface area contributed by atoms with Crippen molar-refractivity contribution in [1.29, 1.82) is 0 Å². The molecule has 0 radical (unpaired) electrons. The number of benzene rings is 1. The first-order valence-corrected chi connectivity index (χ1v) is 7.15. The first-order chi connectivity index (χ1) is 11.0. The summed E-state index contributed by atoms with van der Waals surface area (Å²) in [6.07, 6.45) is -4.80. The van der Waals surface area contributed by atoms with E-state index in [0.717, 1.165) is 12.1 Å². The normalized spacial score (nSPS) is 11.2. The van der Waals surface area contributed by atoms with Gasteiger partial charge in [0.1, 0.15) is 5.60 Å². The molecule has 4 nitrogen and oxygen atoms in total. The average Bonchev–Trinajstić information content (AvgIpc) is 2.44. The van der Waals surface area contributed by atoms with Gasteiger partial charge < -0.3 is 10.1 Å². The molecule has 0 aromatic heterocycles. The second kappa shape index (κ2) is 7.86. The molecular weight excluding hydrogens is 323 g/mol. The lowest BCUT2D eigenvalue weighted by Crippen LogP contribution is -2.32. The molecule has 0 heterocycles. The van der Waals surface area contributed by atoms with Gasteiger partial charge in [-0.05, 0) is 39.0 Å². The highest BCUT2D eigenvalue weighted by Crippen LogP contribution is 2.31. The molecule has 24 heavy (non-hydrogen) atoms. The van der Waals surface area contributed by atoms with Gasteiger partial charge in [0.2, 0.25) is 0 Å². The van der Waals surface area contributed by atoms with Crippen LogP contribution in [0, 0.1) is 11.8 Å². The average molecular weight is 341 g/mol. The Bertz CT molecular complexity index is 664. The molecule has 7 heteroatoms. The van der Waals surface area contributed by atoms with Gasteiger partial charge in [0.05, 0.1) is 5.56 Å². The lowest BCUT2D eigenvalue weighted by molar-refractivity contribution is -0.137. The molecule has 0 aliphatic carbocycles. The largest absolute Gasteiger partial charge is 0.444 e. The molecule has 0 bridgehead atoms. The van der Waals surface area contributed by atoms with Gasteiger partial charge in [-0.15, -0.1) is 0 Å². The summed E-state index contributed by atoms with van der Waals surface area (Å²) in [5.74, 6) is 5.23. The number of carbonyl (C=O) groups excluding carboxylic acids is 2. The molecule has 0 aliphatic heterocycles. The monoisotopic (exact) mass is 341 g/mol. The molecule has 1 N–H and O–H groups in total. The van der Waals surface area contributed by atoms with Crippen LogP contribution in [-0.4, -0.2) is 24.5 Å². The van der Waals surface area contributed by atoms with Crippen molar-refractivity contribution in [3.05, 3.63) is 34.9 Å². The third-order valence-electron chi connectivity index (χ3n) is 2.64. The number of rotatable bonds is 3. The molecule has 130 valence electrons. The molecule has 0 saturated carbocycles. The van der Waals surface area contributed by atoms with Crippen molar-refractivity contribution in [2.45, 2.75) is 39.0 Å². The lowest BCUT2D eigenvalue weighted by Gasteiger charge is -2.19. The number of carbonyl (C=O) groups is 2. The van der Waals surface area contributed by atoms with Crippen LogP contribution in [0.3, 0.4) is 0 Å². The first-order valence-electron chi connectivity index (χ1n) is 7.15. The number of alkyl halides is 3. The number of nitrogens with one attached hydrogen (secondary N) is 1. The van der Waals surface area contributed by atoms with Crippen LogP contribution in [0.2, 0.25) is 0 Å². The molecular formula is C17H18F3NO3. The summed E-state index contributed by atoms with van der Waals surface area (Å²) in [6, 6.07) is 3.25. The number of hydrogen-bond donors (Lipinski definition) is 1. The second-order valence-corrected chi connectivity index (χ2v) is 5.90. The topological polar surface area (TPSA) is 55.4 Å². The Hall–Kier alpha value is -2.49. The zero-order chi connectivity index (χ0) is 18.4. The van der Waals surface area contributed by atoms with Crippen LogP contribution in [0.15, 0.2) is 18.2 Å². The van der Waals surface area contributed by atoms with Crippen LogP contribution >= 0.6 is 0 Å². The quantitative estimate of drug-likeness (QED) is 0.517.